The normalized spacial score (nSPS) is 10.3. The first-order valence-corrected chi connectivity index (χ1v) is 3.57. The number of fused-ring (bicyclic) bond motifs is 1. The van der Waals surface area contributed by atoms with Crippen LogP contribution in [-0.2, 0) is 7.05 Å². The van der Waals surface area contributed by atoms with Crippen LogP contribution in [0.5, 0.6) is 0 Å². The molecule has 2 heteroatoms. The van der Waals surface area contributed by atoms with E-state index >= 15 is 0 Å². The van der Waals surface area contributed by atoms with E-state index in [-0.39, 0.29) is 0 Å². The molecule has 0 fully saturated rings. The van der Waals surface area contributed by atoms with Crippen molar-refractivity contribution in [2.45, 2.75) is 0 Å². The number of aryl methyl sites for hydroxylation is 1. The first kappa shape index (κ1) is 6.28. The first-order valence-electron chi connectivity index (χ1n) is 3.57. The van der Waals surface area contributed by atoms with Gasteiger partial charge in [0.25, 0.3) is 6.33 Å². The Labute approximate surface area is 65.5 Å². The molecular weight excluding hydrogens is 136 g/mol. The van der Waals surface area contributed by atoms with Crippen LogP contribution in [0.25, 0.3) is 11.4 Å². The highest BCUT2D eigenvalue weighted by Crippen LogP contribution is 2.10. The number of imidazole rings is 1. The Kier molecular flexibility index (Phi) is 1.32. The number of aromatic nitrogens is 2. The van der Waals surface area contributed by atoms with Gasteiger partial charge in [0.05, 0.1) is 7.05 Å². The van der Waals surface area contributed by atoms with Crippen LogP contribution in [0.2, 0.25) is 0 Å². The average Bonchev–Trinajstić information content (AvgIpc) is 2.25. The average molecular weight is 145 g/mol. The molecule has 0 radical (unpaired) electrons. The van der Waals surface area contributed by atoms with E-state index in [1.54, 1.807) is 0 Å². The van der Waals surface area contributed by atoms with Gasteiger partial charge in [-0.1, -0.05) is 18.2 Å². The summed E-state index contributed by atoms with van der Waals surface area (Å²) in [5.74, 6) is 0. The van der Waals surface area contributed by atoms with Gasteiger partial charge in [0.1, 0.15) is 0 Å². The first-order chi connectivity index (χ1) is 5.38. The minimum atomic E-state index is 1.04. The molecule has 0 N–H and O–H groups in total. The Hall–Kier alpha value is -1.44. The maximum absolute atomic E-state index is 4.22. The quantitative estimate of drug-likeness (QED) is 0.505. The highest BCUT2D eigenvalue weighted by molar-refractivity contribution is 5.50. The summed E-state index contributed by atoms with van der Waals surface area (Å²) in [6.07, 6.45) is 1.82. The van der Waals surface area contributed by atoms with Crippen molar-refractivity contribution in [2.24, 2.45) is 7.05 Å². The second-order valence-electron chi connectivity index (χ2n) is 2.54. The van der Waals surface area contributed by atoms with Gasteiger partial charge in [0.2, 0.25) is 5.69 Å². The Morgan fingerprint density at radius 1 is 1.18 bits per heavy atom. The van der Waals surface area contributed by atoms with E-state index in [2.05, 4.69) is 11.1 Å². The molecule has 0 bridgehead atoms. The fourth-order valence-corrected chi connectivity index (χ4v) is 1.15. The number of hydrogen-bond acceptors (Lipinski definition) is 1. The summed E-state index contributed by atoms with van der Waals surface area (Å²) in [5.41, 5.74) is 2.20. The summed E-state index contributed by atoms with van der Waals surface area (Å²) >= 11 is 0. The maximum Gasteiger partial charge on any atom is 0.287 e. The van der Waals surface area contributed by atoms with Crippen LogP contribution in [0.3, 0.4) is 0 Å². The molecule has 2 nitrogen and oxygen atoms in total. The predicted octanol–water partition coefficient (Wildman–Crippen LogP) is 1.01. The van der Waals surface area contributed by atoms with E-state index in [0.717, 1.165) is 11.4 Å². The third-order valence-electron chi connectivity index (χ3n) is 1.74. The Morgan fingerprint density at radius 2 is 2.00 bits per heavy atom. The molecule has 0 atom stereocenters. The lowest BCUT2D eigenvalue weighted by Crippen LogP contribution is -2.26. The van der Waals surface area contributed by atoms with Gasteiger partial charge in [-0.2, -0.15) is 0 Å². The van der Waals surface area contributed by atoms with Crippen molar-refractivity contribution in [1.29, 1.82) is 0 Å². The van der Waals surface area contributed by atoms with Crippen molar-refractivity contribution in [2.75, 3.05) is 0 Å². The monoisotopic (exact) mass is 145 g/mol. The van der Waals surface area contributed by atoms with Crippen molar-refractivity contribution in [3.8, 4) is 11.4 Å². The van der Waals surface area contributed by atoms with Crippen LogP contribution in [0.1, 0.15) is 0 Å². The van der Waals surface area contributed by atoms with Crippen LogP contribution in [0.4, 0.5) is 0 Å². The summed E-state index contributed by atoms with van der Waals surface area (Å²) in [7, 11) is 2.00. The molecule has 0 saturated carbocycles. The molecule has 0 unspecified atom stereocenters. The Bertz CT molecular complexity index is 344. The zero-order valence-corrected chi connectivity index (χ0v) is 6.36. The molecule has 2 rings (SSSR count). The summed E-state index contributed by atoms with van der Waals surface area (Å²) < 4.78 is 2.01. The van der Waals surface area contributed by atoms with Crippen LogP contribution in [0, 0.1) is 0 Å². The van der Waals surface area contributed by atoms with Crippen LogP contribution in [-0.4, -0.2) is 4.98 Å². The molecule has 11 heavy (non-hydrogen) atoms. The molecule has 2 aliphatic rings. The fourth-order valence-electron chi connectivity index (χ4n) is 1.15. The van der Waals surface area contributed by atoms with Crippen molar-refractivity contribution in [3.63, 3.8) is 0 Å². The van der Waals surface area contributed by atoms with Crippen LogP contribution >= 0.6 is 0 Å². The molecule has 1 aliphatic carbocycles. The summed E-state index contributed by atoms with van der Waals surface area (Å²) in [5, 5.41) is 0. The van der Waals surface area contributed by atoms with E-state index in [4.69, 9.17) is 0 Å². The predicted molar refractivity (Wildman–Crippen MR) is 42.0 cm³/mol. The van der Waals surface area contributed by atoms with E-state index in [1.165, 1.54) is 0 Å². The van der Waals surface area contributed by atoms with Crippen molar-refractivity contribution in [3.05, 3.63) is 36.7 Å². The Morgan fingerprint density at radius 3 is 2.91 bits per heavy atom. The summed E-state index contributed by atoms with van der Waals surface area (Å²) in [6, 6.07) is 10.1. The zero-order chi connectivity index (χ0) is 7.68. The number of nitrogens with zero attached hydrogens (tertiary/aromatic N) is 2. The second-order valence-corrected chi connectivity index (χ2v) is 2.54. The summed E-state index contributed by atoms with van der Waals surface area (Å²) in [6.45, 7) is 0. The largest absolute Gasteiger partial charge is 0.287 e. The van der Waals surface area contributed by atoms with E-state index in [1.807, 2.05) is 42.2 Å². The molecule has 0 saturated heterocycles. The molecule has 1 aliphatic heterocycles. The van der Waals surface area contributed by atoms with Crippen LogP contribution in [0.15, 0.2) is 36.7 Å². The lowest BCUT2D eigenvalue weighted by Gasteiger charge is -1.83. The lowest BCUT2D eigenvalue weighted by molar-refractivity contribution is -0.658. The summed E-state index contributed by atoms with van der Waals surface area (Å²) in [4.78, 5) is 4.22. The molecular formula is C9H9N2+. The highest BCUT2D eigenvalue weighted by atomic mass is 15.0. The minimum absolute atomic E-state index is 1.04. The number of rotatable bonds is 0. The van der Waals surface area contributed by atoms with Gasteiger partial charge in [0, 0.05) is 0 Å². The molecule has 0 amide bonds. The SMILES string of the molecule is C[n+]1cnc2cccccc1-2. The van der Waals surface area contributed by atoms with Gasteiger partial charge in [-0.05, 0) is 17.1 Å². The van der Waals surface area contributed by atoms with Gasteiger partial charge in [-0.15, -0.1) is 0 Å². The van der Waals surface area contributed by atoms with Gasteiger partial charge >= 0.3 is 0 Å². The molecule has 0 spiro atoms. The fraction of sp³-hybridized carbons (Fsp3) is 0.111. The van der Waals surface area contributed by atoms with E-state index in [9.17, 15) is 0 Å². The van der Waals surface area contributed by atoms with Crippen molar-refractivity contribution >= 4 is 0 Å². The lowest BCUT2D eigenvalue weighted by atomic mass is 10.3. The second kappa shape index (κ2) is 2.31. The molecule has 0 aromatic carbocycles. The molecule has 0 aromatic heterocycles. The third-order valence-corrected chi connectivity index (χ3v) is 1.74. The standard InChI is InChI=1S/C9H9N2/c1-11-7-10-8-5-3-2-4-6-9(8)11/h2-7H,1H3/q+1. The third kappa shape index (κ3) is 0.963. The van der Waals surface area contributed by atoms with Crippen molar-refractivity contribution in [1.82, 2.24) is 4.98 Å². The number of hydrogen-bond donors (Lipinski definition) is 0. The molecule has 1 heterocycles. The molecule has 0 aromatic rings. The van der Waals surface area contributed by atoms with Crippen LogP contribution < -0.4 is 4.57 Å². The van der Waals surface area contributed by atoms with Gasteiger partial charge in [-0.3, -0.25) is 0 Å². The molecule has 54 valence electrons. The van der Waals surface area contributed by atoms with Gasteiger partial charge in [0.15, 0.2) is 5.69 Å². The Balaban J connectivity index is 2.75. The smallest absolute Gasteiger partial charge is 0.229 e. The topological polar surface area (TPSA) is 16.8 Å². The van der Waals surface area contributed by atoms with E-state index in [0.29, 0.717) is 0 Å². The minimum Gasteiger partial charge on any atom is -0.229 e. The van der Waals surface area contributed by atoms with Gasteiger partial charge < -0.3 is 0 Å². The van der Waals surface area contributed by atoms with E-state index < -0.39 is 0 Å². The highest BCUT2D eigenvalue weighted by Gasteiger charge is 2.12. The maximum atomic E-state index is 4.22. The zero-order valence-electron chi connectivity index (χ0n) is 6.36. The van der Waals surface area contributed by atoms with Gasteiger partial charge in [-0.25, -0.2) is 4.57 Å². The van der Waals surface area contributed by atoms with Crippen molar-refractivity contribution < 1.29 is 4.57 Å².